The van der Waals surface area contributed by atoms with E-state index in [2.05, 4.69) is 10.6 Å². The lowest BCUT2D eigenvalue weighted by molar-refractivity contribution is -0.253. The highest BCUT2D eigenvalue weighted by Gasteiger charge is 2.44. The van der Waals surface area contributed by atoms with Gasteiger partial charge in [-0.05, 0) is 13.5 Å². The van der Waals surface area contributed by atoms with E-state index in [0.29, 0.717) is 0 Å². The zero-order valence-corrected chi connectivity index (χ0v) is 12.0. The van der Waals surface area contributed by atoms with Crippen LogP contribution in [-0.2, 0) is 14.3 Å². The van der Waals surface area contributed by atoms with E-state index in [1.807, 2.05) is 0 Å². The van der Waals surface area contributed by atoms with Crippen molar-refractivity contribution in [1.82, 2.24) is 10.6 Å². The van der Waals surface area contributed by atoms with E-state index in [1.54, 1.807) is 0 Å². The number of nitrogens with one attached hydrogen (secondary N) is 2. The number of aliphatic hydroxyl groups excluding tert-OH is 4. The Morgan fingerprint density at radius 3 is 2.36 bits per heavy atom. The lowest BCUT2D eigenvalue weighted by atomic mass is 9.97. The van der Waals surface area contributed by atoms with E-state index in [-0.39, 0.29) is 12.8 Å². The number of likely N-dealkylation sites (N-methyl/N-ethyl adjacent to an activating group) is 1. The first kappa shape index (κ1) is 18.7. The molecule has 1 aliphatic rings. The van der Waals surface area contributed by atoms with Gasteiger partial charge in [-0.1, -0.05) is 0 Å². The number of amides is 1. The molecule has 0 bridgehead atoms. The molecule has 0 aliphatic carbocycles. The average molecular weight is 322 g/mol. The van der Waals surface area contributed by atoms with Crippen LogP contribution in [0.1, 0.15) is 12.8 Å². The number of carbonyl (C=O) groups excluding carboxylic acids is 1. The zero-order valence-electron chi connectivity index (χ0n) is 12.0. The number of rotatable bonds is 7. The number of aliphatic hydroxyl groups is 4. The van der Waals surface area contributed by atoms with E-state index < -0.39 is 55.2 Å². The van der Waals surface area contributed by atoms with Gasteiger partial charge in [-0.2, -0.15) is 0 Å². The summed E-state index contributed by atoms with van der Waals surface area (Å²) in [6.07, 6.45) is -5.89. The Bertz CT molecular complexity index is 393. The smallest absolute Gasteiger partial charge is 0.320 e. The fourth-order valence-electron chi connectivity index (χ4n) is 2.18. The van der Waals surface area contributed by atoms with Gasteiger partial charge in [-0.15, -0.1) is 0 Å². The van der Waals surface area contributed by atoms with Gasteiger partial charge >= 0.3 is 5.97 Å². The summed E-state index contributed by atoms with van der Waals surface area (Å²) in [5.41, 5.74) is 0. The maximum atomic E-state index is 11.8. The summed E-state index contributed by atoms with van der Waals surface area (Å²) in [4.78, 5) is 22.6. The molecule has 0 aromatic rings. The van der Waals surface area contributed by atoms with Crippen LogP contribution in [0.4, 0.5) is 0 Å². The van der Waals surface area contributed by atoms with Crippen molar-refractivity contribution in [2.75, 3.05) is 13.7 Å². The van der Waals surface area contributed by atoms with Crippen molar-refractivity contribution in [3.05, 3.63) is 0 Å². The Labute approximate surface area is 126 Å². The predicted octanol–water partition coefficient (Wildman–Crippen LogP) is -3.64. The van der Waals surface area contributed by atoms with Crippen LogP contribution in [0, 0.1) is 0 Å². The van der Waals surface area contributed by atoms with Crippen LogP contribution < -0.4 is 10.6 Å². The van der Waals surface area contributed by atoms with Gasteiger partial charge in [-0.25, -0.2) is 0 Å². The molecule has 7 N–H and O–H groups in total. The third-order valence-corrected chi connectivity index (χ3v) is 3.53. The van der Waals surface area contributed by atoms with Crippen molar-refractivity contribution >= 4 is 11.9 Å². The lowest BCUT2D eigenvalue weighted by Gasteiger charge is -2.40. The highest BCUT2D eigenvalue weighted by Crippen LogP contribution is 2.19. The molecule has 10 heteroatoms. The zero-order chi connectivity index (χ0) is 16.9. The van der Waals surface area contributed by atoms with Crippen LogP contribution in [0.25, 0.3) is 0 Å². The second-order valence-corrected chi connectivity index (χ2v) is 5.04. The van der Waals surface area contributed by atoms with E-state index in [1.165, 1.54) is 7.05 Å². The minimum absolute atomic E-state index is 0.0131. The summed E-state index contributed by atoms with van der Waals surface area (Å²) in [7, 11) is 1.45. The number of hydrogen-bond donors (Lipinski definition) is 7. The molecule has 1 fully saturated rings. The van der Waals surface area contributed by atoms with Gasteiger partial charge in [0.2, 0.25) is 5.91 Å². The molecule has 0 saturated carbocycles. The normalized spacial score (nSPS) is 33.2. The van der Waals surface area contributed by atoms with Gasteiger partial charge in [0.05, 0.1) is 6.61 Å². The molecule has 1 heterocycles. The van der Waals surface area contributed by atoms with Crippen molar-refractivity contribution in [3.63, 3.8) is 0 Å². The number of carbonyl (C=O) groups is 2. The average Bonchev–Trinajstić information content (AvgIpc) is 2.47. The van der Waals surface area contributed by atoms with Crippen LogP contribution in [-0.4, -0.2) is 87.7 Å². The van der Waals surface area contributed by atoms with Gasteiger partial charge in [-0.3, -0.25) is 9.59 Å². The minimum Gasteiger partial charge on any atom is -0.480 e. The molecule has 1 aliphatic heterocycles. The highest BCUT2D eigenvalue weighted by molar-refractivity contribution is 5.78. The number of ether oxygens (including phenoxy) is 1. The van der Waals surface area contributed by atoms with Crippen LogP contribution in [0.3, 0.4) is 0 Å². The van der Waals surface area contributed by atoms with Crippen LogP contribution >= 0.6 is 0 Å². The van der Waals surface area contributed by atoms with Crippen LogP contribution in [0.2, 0.25) is 0 Å². The fraction of sp³-hybridized carbons (Fsp3) is 0.833. The molecule has 0 radical (unpaired) electrons. The molecular formula is C12H22N2O8. The van der Waals surface area contributed by atoms with Crippen molar-refractivity contribution < 1.29 is 39.9 Å². The summed E-state index contributed by atoms with van der Waals surface area (Å²) in [6.45, 7) is -0.599. The molecule has 1 rings (SSSR count). The predicted molar refractivity (Wildman–Crippen MR) is 71.6 cm³/mol. The molecule has 1 unspecified atom stereocenters. The summed E-state index contributed by atoms with van der Waals surface area (Å²) >= 11 is 0. The van der Waals surface area contributed by atoms with E-state index in [4.69, 9.17) is 14.9 Å². The largest absolute Gasteiger partial charge is 0.480 e. The van der Waals surface area contributed by atoms with Crippen LogP contribution in [0.15, 0.2) is 0 Å². The van der Waals surface area contributed by atoms with E-state index >= 15 is 0 Å². The first-order valence-electron chi connectivity index (χ1n) is 6.81. The van der Waals surface area contributed by atoms with Crippen molar-refractivity contribution in [1.29, 1.82) is 0 Å². The summed E-state index contributed by atoms with van der Waals surface area (Å²) in [5, 5.41) is 51.8. The van der Waals surface area contributed by atoms with Crippen LogP contribution in [0.5, 0.6) is 0 Å². The Kier molecular flexibility index (Phi) is 7.13. The van der Waals surface area contributed by atoms with Gasteiger partial charge in [0, 0.05) is 6.42 Å². The van der Waals surface area contributed by atoms with Crippen molar-refractivity contribution in [3.8, 4) is 0 Å². The molecule has 22 heavy (non-hydrogen) atoms. The SMILES string of the molecule is CN[C@@H](CCC(=O)N[C@H]1C(O)O[C@H](CO)[C@@H](O)[C@@H]1O)C(=O)O. The van der Waals surface area contributed by atoms with Gasteiger partial charge in [0.1, 0.15) is 30.4 Å². The Morgan fingerprint density at radius 2 is 1.86 bits per heavy atom. The minimum atomic E-state index is -1.60. The second-order valence-electron chi connectivity index (χ2n) is 5.04. The molecule has 0 aromatic heterocycles. The Hall–Kier alpha value is -1.30. The maximum absolute atomic E-state index is 11.8. The third kappa shape index (κ3) is 4.60. The molecular weight excluding hydrogens is 300 g/mol. The molecule has 1 saturated heterocycles. The highest BCUT2D eigenvalue weighted by atomic mass is 16.6. The van der Waals surface area contributed by atoms with E-state index in [9.17, 15) is 24.9 Å². The Morgan fingerprint density at radius 1 is 1.23 bits per heavy atom. The molecule has 1 amide bonds. The maximum Gasteiger partial charge on any atom is 0.320 e. The fourth-order valence-corrected chi connectivity index (χ4v) is 2.18. The monoisotopic (exact) mass is 322 g/mol. The summed E-state index contributed by atoms with van der Waals surface area (Å²) in [5.74, 6) is -1.71. The quantitative estimate of drug-likeness (QED) is 0.250. The first-order chi connectivity index (χ1) is 10.3. The van der Waals surface area contributed by atoms with Crippen molar-refractivity contribution in [2.24, 2.45) is 0 Å². The standard InChI is InChI=1S/C12H22N2O8/c1-13-5(11(19)20)2-3-7(16)14-8-10(18)9(17)6(4-15)22-12(8)21/h5-6,8-10,12-13,15,17-18,21H,2-4H2,1H3,(H,14,16)(H,19,20)/t5-,6+,8+,9+,10+,12?/m0/s1. The van der Waals surface area contributed by atoms with Gasteiger partial charge in [0.25, 0.3) is 0 Å². The molecule has 128 valence electrons. The molecule has 0 spiro atoms. The number of carboxylic acids is 1. The van der Waals surface area contributed by atoms with Gasteiger partial charge < -0.3 is 40.9 Å². The number of carboxylic acid groups (broad SMARTS) is 1. The number of hydrogen-bond acceptors (Lipinski definition) is 8. The third-order valence-electron chi connectivity index (χ3n) is 3.53. The van der Waals surface area contributed by atoms with Gasteiger partial charge in [0.15, 0.2) is 6.29 Å². The second kappa shape index (κ2) is 8.36. The van der Waals surface area contributed by atoms with Crippen molar-refractivity contribution in [2.45, 2.75) is 49.5 Å². The van der Waals surface area contributed by atoms with E-state index in [0.717, 1.165) is 0 Å². The Balaban J connectivity index is 2.54. The topological polar surface area (TPSA) is 169 Å². The molecule has 10 nitrogen and oxygen atoms in total. The summed E-state index contributed by atoms with van der Waals surface area (Å²) in [6, 6.07) is -2.17. The molecule has 0 aromatic carbocycles. The molecule has 6 atom stereocenters. The number of aliphatic carboxylic acids is 1. The lowest BCUT2D eigenvalue weighted by Crippen LogP contribution is -2.64. The first-order valence-corrected chi connectivity index (χ1v) is 6.81. The summed E-state index contributed by atoms with van der Waals surface area (Å²) < 4.78 is 4.89.